The molecule has 1 aromatic carbocycles. The summed E-state index contributed by atoms with van der Waals surface area (Å²) in [7, 11) is 1.71. The molecule has 4 nitrogen and oxygen atoms in total. The van der Waals surface area contributed by atoms with Gasteiger partial charge in [0, 0.05) is 29.7 Å². The van der Waals surface area contributed by atoms with Crippen LogP contribution < -0.4 is 5.32 Å². The first-order valence-corrected chi connectivity index (χ1v) is 7.41. The molecule has 0 aliphatic rings. The van der Waals surface area contributed by atoms with Crippen LogP contribution in [0.15, 0.2) is 24.3 Å². The number of rotatable bonds is 4. The van der Waals surface area contributed by atoms with Gasteiger partial charge >= 0.3 is 0 Å². The van der Waals surface area contributed by atoms with Crippen molar-refractivity contribution in [3.63, 3.8) is 0 Å². The lowest BCUT2D eigenvalue weighted by Crippen LogP contribution is -2.13. The highest BCUT2D eigenvalue weighted by atomic mass is 32.1. The first kappa shape index (κ1) is 14.9. The maximum atomic E-state index is 5.34. The number of benzene rings is 1. The molecule has 0 fully saturated rings. The van der Waals surface area contributed by atoms with Crippen LogP contribution in [0.2, 0.25) is 0 Å². The van der Waals surface area contributed by atoms with Gasteiger partial charge in [-0.2, -0.15) is 4.37 Å². The van der Waals surface area contributed by atoms with Crippen LogP contribution >= 0.6 is 11.5 Å². The Morgan fingerprint density at radius 2 is 2.05 bits per heavy atom. The molecule has 2 rings (SSSR count). The molecule has 0 bridgehead atoms. The fourth-order valence-corrected chi connectivity index (χ4v) is 2.49. The summed E-state index contributed by atoms with van der Waals surface area (Å²) in [5.41, 5.74) is 2.11. The predicted octanol–water partition coefficient (Wildman–Crippen LogP) is 4.29. The molecule has 0 aliphatic heterocycles. The van der Waals surface area contributed by atoms with Crippen molar-refractivity contribution in [2.75, 3.05) is 12.4 Å². The molecular formula is C15H21N3OS. The molecular weight excluding hydrogens is 270 g/mol. The third-order valence-electron chi connectivity index (χ3n) is 3.06. The predicted molar refractivity (Wildman–Crippen MR) is 83.8 cm³/mol. The minimum Gasteiger partial charge on any atom is -0.377 e. The Kier molecular flexibility index (Phi) is 4.40. The van der Waals surface area contributed by atoms with Gasteiger partial charge in [-0.3, -0.25) is 0 Å². The molecule has 0 radical (unpaired) electrons. The average molecular weight is 291 g/mol. The highest BCUT2D eigenvalue weighted by Crippen LogP contribution is 2.26. The van der Waals surface area contributed by atoms with E-state index in [9.17, 15) is 0 Å². The monoisotopic (exact) mass is 291 g/mol. The molecule has 0 saturated heterocycles. The minimum absolute atomic E-state index is 0.0250. The Labute approximate surface area is 124 Å². The van der Waals surface area contributed by atoms with Gasteiger partial charge in [0.1, 0.15) is 5.82 Å². The SMILES string of the molecule is COC(C)c1cccc(Nc2nc(C(C)(C)C)ns2)c1. The van der Waals surface area contributed by atoms with E-state index in [1.807, 2.05) is 19.1 Å². The van der Waals surface area contributed by atoms with Crippen molar-refractivity contribution in [3.05, 3.63) is 35.7 Å². The first-order chi connectivity index (χ1) is 9.40. The number of methoxy groups -OCH3 is 1. The number of nitrogens with zero attached hydrogens (tertiary/aromatic N) is 2. The number of hydrogen-bond donors (Lipinski definition) is 1. The van der Waals surface area contributed by atoms with E-state index in [-0.39, 0.29) is 11.5 Å². The van der Waals surface area contributed by atoms with E-state index in [1.165, 1.54) is 11.5 Å². The van der Waals surface area contributed by atoms with Crippen LogP contribution in [-0.2, 0) is 10.2 Å². The maximum Gasteiger partial charge on any atom is 0.207 e. The fourth-order valence-electron chi connectivity index (χ4n) is 1.71. The summed E-state index contributed by atoms with van der Waals surface area (Å²) in [6.07, 6.45) is 0.0799. The summed E-state index contributed by atoms with van der Waals surface area (Å²) in [6, 6.07) is 8.16. The molecule has 0 amide bonds. The average Bonchev–Trinajstić information content (AvgIpc) is 2.86. The summed E-state index contributed by atoms with van der Waals surface area (Å²) in [5.74, 6) is 0.867. The van der Waals surface area contributed by atoms with Gasteiger partial charge in [-0.25, -0.2) is 4.98 Å². The van der Waals surface area contributed by atoms with Gasteiger partial charge < -0.3 is 10.1 Å². The number of anilines is 2. The first-order valence-electron chi connectivity index (χ1n) is 6.64. The summed E-state index contributed by atoms with van der Waals surface area (Å²) in [5, 5.41) is 4.12. The van der Waals surface area contributed by atoms with E-state index < -0.39 is 0 Å². The molecule has 0 spiro atoms. The zero-order valence-electron chi connectivity index (χ0n) is 12.6. The van der Waals surface area contributed by atoms with Crippen LogP contribution in [-0.4, -0.2) is 16.5 Å². The van der Waals surface area contributed by atoms with Crippen molar-refractivity contribution in [1.29, 1.82) is 0 Å². The molecule has 20 heavy (non-hydrogen) atoms. The van der Waals surface area contributed by atoms with Crippen LogP contribution in [0.1, 0.15) is 45.2 Å². The summed E-state index contributed by atoms with van der Waals surface area (Å²) in [4.78, 5) is 4.54. The summed E-state index contributed by atoms with van der Waals surface area (Å²) in [6.45, 7) is 8.36. The van der Waals surface area contributed by atoms with Gasteiger partial charge in [-0.1, -0.05) is 32.9 Å². The molecule has 1 aromatic heterocycles. The van der Waals surface area contributed by atoms with Gasteiger partial charge in [-0.05, 0) is 24.6 Å². The normalized spacial score (nSPS) is 13.2. The number of hydrogen-bond acceptors (Lipinski definition) is 5. The van der Waals surface area contributed by atoms with Gasteiger partial charge in [-0.15, -0.1) is 0 Å². The zero-order chi connectivity index (χ0) is 14.8. The smallest absolute Gasteiger partial charge is 0.207 e. The van der Waals surface area contributed by atoms with E-state index in [2.05, 4.69) is 47.6 Å². The van der Waals surface area contributed by atoms with Crippen LogP contribution in [0, 0.1) is 0 Å². The summed E-state index contributed by atoms with van der Waals surface area (Å²) < 4.78 is 9.74. The van der Waals surface area contributed by atoms with Crippen LogP contribution in [0.25, 0.3) is 0 Å². The number of aromatic nitrogens is 2. The van der Waals surface area contributed by atoms with Gasteiger partial charge in [0.15, 0.2) is 0 Å². The van der Waals surface area contributed by atoms with Crippen LogP contribution in [0.5, 0.6) is 0 Å². The van der Waals surface area contributed by atoms with Crippen molar-refractivity contribution in [1.82, 2.24) is 9.36 Å². The largest absolute Gasteiger partial charge is 0.377 e. The summed E-state index contributed by atoms with van der Waals surface area (Å²) >= 11 is 1.39. The highest BCUT2D eigenvalue weighted by Gasteiger charge is 2.19. The molecule has 1 N–H and O–H groups in total. The molecule has 0 aliphatic carbocycles. The highest BCUT2D eigenvalue weighted by molar-refractivity contribution is 7.09. The van der Waals surface area contributed by atoms with Gasteiger partial charge in [0.25, 0.3) is 0 Å². The number of ether oxygens (including phenoxy) is 1. The number of nitrogens with one attached hydrogen (secondary N) is 1. The fraction of sp³-hybridized carbons (Fsp3) is 0.467. The lowest BCUT2D eigenvalue weighted by molar-refractivity contribution is 0.119. The van der Waals surface area contributed by atoms with Crippen LogP contribution in [0.3, 0.4) is 0 Å². The van der Waals surface area contributed by atoms with Crippen molar-refractivity contribution >= 4 is 22.4 Å². The molecule has 0 saturated carbocycles. The Morgan fingerprint density at radius 3 is 2.65 bits per heavy atom. The van der Waals surface area contributed by atoms with E-state index in [0.29, 0.717) is 0 Å². The van der Waals surface area contributed by atoms with Crippen molar-refractivity contribution in [2.24, 2.45) is 0 Å². The lowest BCUT2D eigenvalue weighted by atomic mass is 9.96. The van der Waals surface area contributed by atoms with Gasteiger partial charge in [0.05, 0.1) is 6.10 Å². The van der Waals surface area contributed by atoms with Crippen molar-refractivity contribution in [3.8, 4) is 0 Å². The molecule has 1 unspecified atom stereocenters. The second kappa shape index (κ2) is 5.89. The van der Waals surface area contributed by atoms with E-state index >= 15 is 0 Å². The maximum absolute atomic E-state index is 5.34. The second-order valence-corrected chi connectivity index (χ2v) is 6.55. The third-order valence-corrected chi connectivity index (χ3v) is 3.69. The van der Waals surface area contributed by atoms with Crippen LogP contribution in [0.4, 0.5) is 10.8 Å². The molecule has 2 aromatic rings. The van der Waals surface area contributed by atoms with E-state index in [4.69, 9.17) is 4.74 Å². The van der Waals surface area contributed by atoms with Crippen molar-refractivity contribution in [2.45, 2.75) is 39.2 Å². The van der Waals surface area contributed by atoms with E-state index in [1.54, 1.807) is 7.11 Å². The van der Waals surface area contributed by atoms with Gasteiger partial charge in [0.2, 0.25) is 5.13 Å². The van der Waals surface area contributed by atoms with Crippen molar-refractivity contribution < 1.29 is 4.74 Å². The topological polar surface area (TPSA) is 47.0 Å². The molecule has 5 heteroatoms. The lowest BCUT2D eigenvalue weighted by Gasteiger charge is -2.12. The molecule has 1 atom stereocenters. The Hall–Kier alpha value is -1.46. The zero-order valence-corrected chi connectivity index (χ0v) is 13.4. The Balaban J connectivity index is 2.16. The third kappa shape index (κ3) is 3.55. The molecule has 1 heterocycles. The Morgan fingerprint density at radius 1 is 1.30 bits per heavy atom. The second-order valence-electron chi connectivity index (χ2n) is 5.80. The Bertz CT molecular complexity index is 574. The minimum atomic E-state index is -0.0250. The van der Waals surface area contributed by atoms with E-state index in [0.717, 1.165) is 22.2 Å². The standard InChI is InChI=1S/C15H21N3OS/c1-10(19-5)11-7-6-8-12(9-11)16-14-17-13(18-20-14)15(2,3)4/h6-10H,1-5H3,(H,16,17,18). The molecule has 108 valence electrons. The quantitative estimate of drug-likeness (QED) is 0.913.